The molecule has 1 saturated heterocycles. The van der Waals surface area contributed by atoms with Gasteiger partial charge in [-0.25, -0.2) is 35.6 Å². The first-order valence-corrected chi connectivity index (χ1v) is 29.0. The zero-order valence-corrected chi connectivity index (χ0v) is 45.8. The molecule has 0 amide bonds. The van der Waals surface area contributed by atoms with E-state index in [2.05, 4.69) is 101 Å². The predicted octanol–water partition coefficient (Wildman–Crippen LogP) is 12.8. The number of hydrogen-bond donors (Lipinski definition) is 0. The monoisotopic (exact) mass is 1130 g/mol. The Morgan fingerprint density at radius 2 is 1.01 bits per heavy atom. The van der Waals surface area contributed by atoms with Crippen LogP contribution in [0.1, 0.15) is 49.9 Å². The second kappa shape index (κ2) is 18.7. The van der Waals surface area contributed by atoms with Crippen LogP contribution in [0.2, 0.25) is 0 Å². The normalized spacial score (nSPS) is 16.1. The maximum atomic E-state index is 14.5. The third-order valence-corrected chi connectivity index (χ3v) is 17.4. The van der Waals surface area contributed by atoms with Gasteiger partial charge in [-0.2, -0.15) is 0 Å². The summed E-state index contributed by atoms with van der Waals surface area (Å²) in [5, 5.41) is 1.66. The number of halogens is 3. The number of hydrogen-bond acceptors (Lipinski definition) is 10. The van der Waals surface area contributed by atoms with Crippen LogP contribution in [0.4, 0.5) is 37.2 Å². The third-order valence-electron chi connectivity index (χ3n) is 14.4. The van der Waals surface area contributed by atoms with Crippen LogP contribution in [0, 0.1) is 29.1 Å². The molecule has 0 bridgehead atoms. The highest BCUT2D eigenvalue weighted by atomic mass is 127. The quantitative estimate of drug-likeness (QED) is 0.143. The number of ether oxygens (including phenoxy) is 1. The van der Waals surface area contributed by atoms with Gasteiger partial charge in [-0.15, -0.1) is 0 Å². The maximum Gasteiger partial charge on any atom is 0.176 e. The van der Waals surface area contributed by atoms with Crippen LogP contribution in [-0.2, 0) is 35.2 Å². The minimum absolute atomic E-state index is 0.0907. The fourth-order valence-electron chi connectivity index (χ4n) is 11.0. The van der Waals surface area contributed by atoms with Crippen molar-refractivity contribution in [2.45, 2.75) is 62.2 Å². The fourth-order valence-corrected chi connectivity index (χ4v) is 13.2. The molecule has 0 unspecified atom stereocenters. The molecule has 8 aromatic rings. The van der Waals surface area contributed by atoms with E-state index in [1.807, 2.05) is 19.9 Å². The summed E-state index contributed by atoms with van der Waals surface area (Å²) in [7, 11) is -7.01. The molecule has 10 nitrogen and oxygen atoms in total. The van der Waals surface area contributed by atoms with Crippen molar-refractivity contribution < 1.29 is 30.4 Å². The van der Waals surface area contributed by atoms with Crippen LogP contribution in [0.15, 0.2) is 131 Å². The minimum atomic E-state index is -3.52. The first kappa shape index (κ1) is 50.5. The number of morpholine rings is 1. The van der Waals surface area contributed by atoms with E-state index in [0.717, 1.165) is 80.1 Å². The number of rotatable bonds is 7. The van der Waals surface area contributed by atoms with Crippen LogP contribution in [0.3, 0.4) is 0 Å². The van der Waals surface area contributed by atoms with Gasteiger partial charge in [0.25, 0.3) is 0 Å². The van der Waals surface area contributed by atoms with Gasteiger partial charge in [0.2, 0.25) is 0 Å². The smallest absolute Gasteiger partial charge is 0.176 e. The number of benzene rings is 6. The first-order valence-electron chi connectivity index (χ1n) is 24.1. The number of sulfone groups is 2. The fraction of sp³-hybridized carbons (Fsp3) is 0.276. The topological polar surface area (TPSA) is 113 Å². The maximum absolute atomic E-state index is 14.5. The van der Waals surface area contributed by atoms with E-state index in [0.29, 0.717) is 46.8 Å². The summed E-state index contributed by atoms with van der Waals surface area (Å²) in [6.07, 6.45) is 2.40. The second-order valence-corrected chi connectivity index (χ2v) is 25.8. The summed E-state index contributed by atoms with van der Waals surface area (Å²) in [6.45, 7) is 17.4. The van der Waals surface area contributed by atoms with Crippen molar-refractivity contribution in [2.75, 3.05) is 66.6 Å². The van der Waals surface area contributed by atoms with Gasteiger partial charge in [0.15, 0.2) is 19.7 Å². The highest BCUT2D eigenvalue weighted by Crippen LogP contribution is 2.51. The van der Waals surface area contributed by atoms with Gasteiger partial charge in [-0.05, 0) is 119 Å². The highest BCUT2D eigenvalue weighted by molar-refractivity contribution is 14.1. The van der Waals surface area contributed by atoms with Crippen LogP contribution in [0.25, 0.3) is 44.3 Å². The summed E-state index contributed by atoms with van der Waals surface area (Å²) in [5.41, 5.74) is 12.3. The number of nitrogens with zero attached hydrogens (tertiary/aromatic N) is 5. The van der Waals surface area contributed by atoms with Gasteiger partial charge < -0.3 is 19.4 Å². The molecule has 3 aliphatic heterocycles. The molecule has 73 heavy (non-hydrogen) atoms. The Hall–Kier alpha value is -6.01. The van der Waals surface area contributed by atoms with E-state index in [-0.39, 0.29) is 32.3 Å². The van der Waals surface area contributed by atoms with Crippen LogP contribution >= 0.6 is 22.6 Å². The molecule has 6 aromatic carbocycles. The molecule has 3 aliphatic rings. The number of anilines is 5. The molecular weight excluding hydrogens is 1080 g/mol. The van der Waals surface area contributed by atoms with Gasteiger partial charge in [0.05, 0.1) is 56.8 Å². The summed E-state index contributed by atoms with van der Waals surface area (Å²) in [4.78, 5) is 17.0. The number of pyridine rings is 2. The van der Waals surface area contributed by atoms with E-state index in [1.54, 1.807) is 54.6 Å². The second-order valence-electron chi connectivity index (χ2n) is 20.6. The van der Waals surface area contributed by atoms with E-state index in [4.69, 9.17) is 14.7 Å². The molecule has 11 rings (SSSR count). The van der Waals surface area contributed by atoms with Crippen LogP contribution < -0.4 is 14.7 Å². The molecule has 0 saturated carbocycles. The van der Waals surface area contributed by atoms with E-state index >= 15 is 0 Å². The van der Waals surface area contributed by atoms with Crippen molar-refractivity contribution in [2.24, 2.45) is 0 Å². The lowest BCUT2D eigenvalue weighted by Crippen LogP contribution is -2.36. The third kappa shape index (κ3) is 9.35. The van der Waals surface area contributed by atoms with E-state index in [9.17, 15) is 25.6 Å². The molecule has 0 aliphatic carbocycles. The zero-order valence-electron chi connectivity index (χ0n) is 42.0. The van der Waals surface area contributed by atoms with Gasteiger partial charge in [-0.3, -0.25) is 0 Å². The predicted molar refractivity (Wildman–Crippen MR) is 299 cm³/mol. The minimum Gasteiger partial charge on any atom is -0.378 e. The molecule has 0 N–H and O–H groups in total. The summed E-state index contributed by atoms with van der Waals surface area (Å²) >= 11 is 2.32. The molecule has 0 radical (unpaired) electrons. The van der Waals surface area contributed by atoms with E-state index in [1.165, 1.54) is 47.9 Å². The zero-order chi connectivity index (χ0) is 51.9. The van der Waals surface area contributed by atoms with Gasteiger partial charge in [0.1, 0.15) is 11.6 Å². The molecule has 376 valence electrons. The van der Waals surface area contributed by atoms with Crippen molar-refractivity contribution >= 4 is 92.5 Å². The molecular formula is C58H56F2IN5O5S2. The van der Waals surface area contributed by atoms with Crippen molar-refractivity contribution in [1.29, 1.82) is 0 Å². The van der Waals surface area contributed by atoms with Crippen molar-refractivity contribution in [3.63, 3.8) is 0 Å². The molecule has 15 heteroatoms. The van der Waals surface area contributed by atoms with Crippen LogP contribution in [-0.4, -0.2) is 78.7 Å². The Labute approximate surface area is 440 Å². The molecule has 1 fully saturated rings. The average Bonchev–Trinajstić information content (AvgIpc) is 3.77. The molecule has 5 heterocycles. The Balaban J connectivity index is 0.000000169. The summed E-state index contributed by atoms with van der Waals surface area (Å²) in [6, 6.07) is 36.2. The summed E-state index contributed by atoms with van der Waals surface area (Å²) < 4.78 is 86.1. The van der Waals surface area contributed by atoms with Crippen molar-refractivity contribution in [1.82, 2.24) is 9.97 Å². The lowest BCUT2D eigenvalue weighted by molar-refractivity contribution is 0.122. The average molecular weight is 1130 g/mol. The Kier molecular flexibility index (Phi) is 13.0. The Morgan fingerprint density at radius 1 is 0.575 bits per heavy atom. The van der Waals surface area contributed by atoms with Gasteiger partial charge in [-0.1, -0.05) is 76.2 Å². The SMILES string of the molecule is Cc1c(-c2ccccc2S(C)(=O)=O)nc2cc(F)ccc2c1N1CC(C)(C)c2ccc(I)cc21.Cc1c(-c2ccccc2S(C)(=O)=O)nc2cc(F)ccc2c1N1CC(C)(C)c2ccc(N3CCOCC3)cc21. The van der Waals surface area contributed by atoms with Crippen molar-refractivity contribution in [3.8, 4) is 22.5 Å². The molecule has 2 aromatic heterocycles. The van der Waals surface area contributed by atoms with Gasteiger partial charge >= 0.3 is 0 Å². The molecule has 0 atom stereocenters. The standard InChI is InChI=1S/C31H32FN3O3S.C27H24FIN2O2S/c1-20-29(24-7-5-6-8-28(24)39(4,36)37)33-26-17-21(32)9-11-23(26)30(20)35-19-31(2,3)25-12-10-22(18-27(25)35)34-13-15-38-16-14-34;1-16-25(20-7-5-6-8-24(20)34(4,32)33)30-22-13-17(28)9-11-19(22)26(16)31-15-27(2,3)21-12-10-18(29)14-23(21)31/h5-12,17-18H,13-16,19H2,1-4H3;5-14H,15H2,1-4H3. The van der Waals surface area contributed by atoms with Gasteiger partial charge in [0, 0.05) is 104 Å². The summed E-state index contributed by atoms with van der Waals surface area (Å²) in [5.74, 6) is -0.766. The highest BCUT2D eigenvalue weighted by Gasteiger charge is 2.40. The van der Waals surface area contributed by atoms with Crippen molar-refractivity contribution in [3.05, 3.63) is 159 Å². The Morgan fingerprint density at radius 3 is 1.48 bits per heavy atom. The number of fused-ring (bicyclic) bond motifs is 4. The van der Waals surface area contributed by atoms with Crippen LogP contribution in [0.5, 0.6) is 0 Å². The largest absolute Gasteiger partial charge is 0.378 e. The lowest BCUT2D eigenvalue weighted by atomic mass is 9.87. The first-order chi connectivity index (χ1) is 34.5. The number of aromatic nitrogens is 2. The van der Waals surface area contributed by atoms with E-state index < -0.39 is 19.7 Å². The lowest BCUT2D eigenvalue weighted by Gasteiger charge is -2.30. The Bertz CT molecular complexity index is 3790. The molecule has 0 spiro atoms.